The number of thiol groups is 1. The Hall–Kier alpha value is -2.15. The van der Waals surface area contributed by atoms with Crippen LogP contribution in [0.1, 0.15) is 15.9 Å². The fraction of sp³-hybridized carbons (Fsp3) is 0.0667. The number of amides is 1. The summed E-state index contributed by atoms with van der Waals surface area (Å²) in [6.45, 7) is 0. The van der Waals surface area contributed by atoms with E-state index in [1.807, 2.05) is 36.4 Å². The minimum atomic E-state index is -1.17. The second-order valence-electron chi connectivity index (χ2n) is 4.38. The van der Waals surface area contributed by atoms with Crippen molar-refractivity contribution in [3.63, 3.8) is 0 Å². The number of rotatable bonds is 5. The third kappa shape index (κ3) is 5.03. The first-order valence-electron chi connectivity index (χ1n) is 6.30. The van der Waals surface area contributed by atoms with E-state index in [1.165, 1.54) is 0 Å². The highest BCUT2D eigenvalue weighted by Gasteiger charge is 2.16. The molecule has 0 spiro atoms. The molecular formula is C15H16N4OS. The number of carbonyl (C=O) groups is 1. The summed E-state index contributed by atoms with van der Waals surface area (Å²) in [5.41, 5.74) is 12.6. The van der Waals surface area contributed by atoms with Gasteiger partial charge < -0.3 is 5.73 Å². The standard InChI is InChI=1S/C15H16N4OS/c16-15(21,9-6-12-4-2-1-3-5-12)19-18-14(20)13-7-10-17-11-8-13/h1-11,19,21H,16H2,(H,18,20)/b9-6+. The van der Waals surface area contributed by atoms with Crippen LogP contribution >= 0.6 is 12.6 Å². The summed E-state index contributed by atoms with van der Waals surface area (Å²) in [6.07, 6.45) is 6.55. The topological polar surface area (TPSA) is 80.0 Å². The zero-order valence-corrected chi connectivity index (χ0v) is 12.1. The molecule has 0 radical (unpaired) electrons. The number of nitrogens with zero attached hydrogens (tertiary/aromatic N) is 1. The van der Waals surface area contributed by atoms with Gasteiger partial charge in [-0.2, -0.15) is 0 Å². The van der Waals surface area contributed by atoms with Crippen LogP contribution < -0.4 is 16.6 Å². The molecule has 0 fully saturated rings. The number of aromatic nitrogens is 1. The van der Waals surface area contributed by atoms with Gasteiger partial charge in [0, 0.05) is 18.0 Å². The Morgan fingerprint density at radius 3 is 2.52 bits per heavy atom. The van der Waals surface area contributed by atoms with Crippen molar-refractivity contribution in [2.24, 2.45) is 5.73 Å². The van der Waals surface area contributed by atoms with E-state index in [-0.39, 0.29) is 5.91 Å². The number of hydrogen-bond donors (Lipinski definition) is 4. The fourth-order valence-corrected chi connectivity index (χ4v) is 1.69. The molecule has 4 N–H and O–H groups in total. The van der Waals surface area contributed by atoms with E-state index in [2.05, 4.69) is 28.5 Å². The lowest BCUT2D eigenvalue weighted by Gasteiger charge is -2.21. The summed E-state index contributed by atoms with van der Waals surface area (Å²) in [7, 11) is 0. The van der Waals surface area contributed by atoms with Gasteiger partial charge in [-0.25, -0.2) is 5.43 Å². The van der Waals surface area contributed by atoms with Crippen molar-refractivity contribution in [2.75, 3.05) is 0 Å². The highest BCUT2D eigenvalue weighted by atomic mass is 32.1. The second kappa shape index (κ2) is 7.03. The SMILES string of the molecule is NC(S)(/C=C/c1ccccc1)NNC(=O)c1ccncc1. The Labute approximate surface area is 128 Å². The van der Waals surface area contributed by atoms with Crippen molar-refractivity contribution in [2.45, 2.75) is 4.99 Å². The molecule has 2 aromatic rings. The Kier molecular flexibility index (Phi) is 5.10. The van der Waals surface area contributed by atoms with Crippen LogP contribution in [0, 0.1) is 0 Å². The molecule has 5 nitrogen and oxygen atoms in total. The first-order chi connectivity index (χ1) is 10.1. The Morgan fingerprint density at radius 1 is 1.19 bits per heavy atom. The van der Waals surface area contributed by atoms with Gasteiger partial charge in [-0.3, -0.25) is 15.2 Å². The van der Waals surface area contributed by atoms with Crippen molar-refractivity contribution in [1.82, 2.24) is 15.8 Å². The van der Waals surface area contributed by atoms with Gasteiger partial charge in [0.2, 0.25) is 0 Å². The number of nitrogens with two attached hydrogens (primary N) is 1. The van der Waals surface area contributed by atoms with Crippen LogP contribution in [0.5, 0.6) is 0 Å². The monoisotopic (exact) mass is 300 g/mol. The number of hydrogen-bond acceptors (Lipinski definition) is 5. The van der Waals surface area contributed by atoms with Gasteiger partial charge >= 0.3 is 0 Å². The molecule has 21 heavy (non-hydrogen) atoms. The minimum Gasteiger partial charge on any atom is -0.300 e. The summed E-state index contributed by atoms with van der Waals surface area (Å²) in [4.78, 5) is 14.5. The molecule has 1 amide bonds. The summed E-state index contributed by atoms with van der Waals surface area (Å²) < 4.78 is 0. The lowest BCUT2D eigenvalue weighted by Crippen LogP contribution is -2.55. The highest BCUT2D eigenvalue weighted by molar-refractivity contribution is 7.81. The molecule has 0 aliphatic heterocycles. The lowest BCUT2D eigenvalue weighted by atomic mass is 10.2. The van der Waals surface area contributed by atoms with E-state index in [1.54, 1.807) is 30.6 Å². The Bertz CT molecular complexity index is 614. The molecule has 1 aromatic heterocycles. The average Bonchev–Trinajstić information content (AvgIpc) is 2.53. The number of nitrogens with one attached hydrogen (secondary N) is 2. The van der Waals surface area contributed by atoms with Crippen LogP contribution in [-0.2, 0) is 0 Å². The Morgan fingerprint density at radius 2 is 1.86 bits per heavy atom. The van der Waals surface area contributed by atoms with Crippen molar-refractivity contribution in [3.05, 3.63) is 72.1 Å². The molecule has 0 saturated heterocycles. The molecule has 0 bridgehead atoms. The Balaban J connectivity index is 1.92. The normalized spacial score (nSPS) is 13.8. The van der Waals surface area contributed by atoms with E-state index in [0.717, 1.165) is 5.56 Å². The van der Waals surface area contributed by atoms with E-state index in [4.69, 9.17) is 5.73 Å². The van der Waals surface area contributed by atoms with Crippen LogP contribution in [0.3, 0.4) is 0 Å². The molecular weight excluding hydrogens is 284 g/mol. The van der Waals surface area contributed by atoms with E-state index in [0.29, 0.717) is 5.56 Å². The highest BCUT2D eigenvalue weighted by Crippen LogP contribution is 2.08. The lowest BCUT2D eigenvalue weighted by molar-refractivity contribution is 0.0926. The largest absolute Gasteiger partial charge is 0.300 e. The van der Waals surface area contributed by atoms with E-state index in [9.17, 15) is 4.79 Å². The first kappa shape index (κ1) is 15.2. The van der Waals surface area contributed by atoms with Gasteiger partial charge in [0.05, 0.1) is 0 Å². The van der Waals surface area contributed by atoms with Crippen LogP contribution in [0.25, 0.3) is 6.08 Å². The van der Waals surface area contributed by atoms with Crippen LogP contribution in [-0.4, -0.2) is 15.9 Å². The van der Waals surface area contributed by atoms with Crippen molar-refractivity contribution >= 4 is 24.6 Å². The third-order valence-electron chi connectivity index (χ3n) is 2.65. The summed E-state index contributed by atoms with van der Waals surface area (Å²) in [6, 6.07) is 12.9. The van der Waals surface area contributed by atoms with E-state index >= 15 is 0 Å². The van der Waals surface area contributed by atoms with Gasteiger partial charge in [0.1, 0.15) is 4.99 Å². The number of hydrazine groups is 1. The molecule has 108 valence electrons. The van der Waals surface area contributed by atoms with Gasteiger partial charge in [-0.05, 0) is 23.8 Å². The predicted octanol–water partition coefficient (Wildman–Crippen LogP) is 1.57. The minimum absolute atomic E-state index is 0.311. The van der Waals surface area contributed by atoms with Crippen LogP contribution in [0.4, 0.5) is 0 Å². The molecule has 0 aliphatic rings. The molecule has 6 heteroatoms. The maximum absolute atomic E-state index is 11.9. The van der Waals surface area contributed by atoms with Gasteiger partial charge in [0.25, 0.3) is 5.91 Å². The molecule has 1 heterocycles. The van der Waals surface area contributed by atoms with E-state index < -0.39 is 4.99 Å². The second-order valence-corrected chi connectivity index (χ2v) is 5.12. The fourth-order valence-electron chi connectivity index (χ4n) is 1.56. The van der Waals surface area contributed by atoms with Gasteiger partial charge in [-0.15, -0.1) is 12.6 Å². The predicted molar refractivity (Wildman–Crippen MR) is 86.2 cm³/mol. The smallest absolute Gasteiger partial charge is 0.265 e. The molecule has 2 rings (SSSR count). The third-order valence-corrected chi connectivity index (χ3v) is 2.91. The maximum atomic E-state index is 11.9. The zero-order chi connectivity index (χ0) is 15.1. The van der Waals surface area contributed by atoms with Crippen molar-refractivity contribution < 1.29 is 4.79 Å². The summed E-state index contributed by atoms with van der Waals surface area (Å²) >= 11 is 4.26. The van der Waals surface area contributed by atoms with Crippen molar-refractivity contribution in [3.8, 4) is 0 Å². The average molecular weight is 300 g/mol. The number of benzene rings is 1. The van der Waals surface area contributed by atoms with Crippen molar-refractivity contribution in [1.29, 1.82) is 0 Å². The van der Waals surface area contributed by atoms with Gasteiger partial charge in [-0.1, -0.05) is 36.4 Å². The van der Waals surface area contributed by atoms with Crippen LogP contribution in [0.15, 0.2) is 60.9 Å². The van der Waals surface area contributed by atoms with Gasteiger partial charge in [0.15, 0.2) is 0 Å². The van der Waals surface area contributed by atoms with Crippen LogP contribution in [0.2, 0.25) is 0 Å². The molecule has 0 aliphatic carbocycles. The molecule has 1 atom stereocenters. The quantitative estimate of drug-likeness (QED) is 0.384. The maximum Gasteiger partial charge on any atom is 0.265 e. The summed E-state index contributed by atoms with van der Waals surface area (Å²) in [5.74, 6) is -0.311. The molecule has 0 saturated carbocycles. The molecule has 1 unspecified atom stereocenters. The molecule has 1 aromatic carbocycles. The zero-order valence-electron chi connectivity index (χ0n) is 11.2. The number of carbonyl (C=O) groups excluding carboxylic acids is 1. The number of pyridine rings is 1. The first-order valence-corrected chi connectivity index (χ1v) is 6.75. The summed E-state index contributed by atoms with van der Waals surface area (Å²) in [5, 5.41) is 0.